The Balaban J connectivity index is 2.48. The molecule has 0 atom stereocenters. The summed E-state index contributed by atoms with van der Waals surface area (Å²) in [5, 5.41) is 2.55. The third-order valence-corrected chi connectivity index (χ3v) is 3.93. The molecule has 0 aliphatic carbocycles. The van der Waals surface area contributed by atoms with Crippen molar-refractivity contribution in [1.82, 2.24) is 5.32 Å². The maximum absolute atomic E-state index is 12.3. The number of rotatable bonds is 3. The van der Waals surface area contributed by atoms with E-state index in [9.17, 15) is 8.42 Å². The molecule has 5 nitrogen and oxygen atoms in total. The molecule has 0 saturated carbocycles. The van der Waals surface area contributed by atoms with Crippen molar-refractivity contribution in [3.8, 4) is 0 Å². The highest BCUT2D eigenvalue weighted by Gasteiger charge is 2.15. The molecule has 0 radical (unpaired) electrons. The average Bonchev–Trinajstić information content (AvgIpc) is 2.48. The fourth-order valence-electron chi connectivity index (χ4n) is 1.63. The van der Waals surface area contributed by atoms with Gasteiger partial charge in [0.15, 0.2) is 10.9 Å². The molecule has 7 heteroatoms. The van der Waals surface area contributed by atoms with Crippen molar-refractivity contribution < 1.29 is 8.42 Å². The number of benzene rings is 2. The number of nitrogens with one attached hydrogen (secondary N) is 1. The molecule has 0 aliphatic rings. The number of nitrogens with two attached hydrogens (primary N) is 1. The molecular formula is C14H13N3O2S2. The lowest BCUT2D eigenvalue weighted by Gasteiger charge is -2.08. The molecule has 0 aromatic heterocycles. The first-order chi connectivity index (χ1) is 9.99. The summed E-state index contributed by atoms with van der Waals surface area (Å²) in [5.41, 5.74) is 6.01. The molecule has 2 rings (SSSR count). The first-order valence-corrected chi connectivity index (χ1v) is 7.86. The Labute approximate surface area is 128 Å². The van der Waals surface area contributed by atoms with Crippen LogP contribution in [0.3, 0.4) is 0 Å². The molecule has 21 heavy (non-hydrogen) atoms. The Kier molecular flexibility index (Phi) is 4.66. The van der Waals surface area contributed by atoms with Gasteiger partial charge in [-0.05, 0) is 24.4 Å². The summed E-state index contributed by atoms with van der Waals surface area (Å²) in [6, 6.07) is 16.7. The number of nitrogens with zero attached hydrogens (tertiary/aromatic N) is 1. The third-order valence-electron chi connectivity index (χ3n) is 2.54. The minimum Gasteiger partial charge on any atom is -0.376 e. The van der Waals surface area contributed by atoms with Crippen LogP contribution in [0.4, 0.5) is 0 Å². The highest BCUT2D eigenvalue weighted by Crippen LogP contribution is 2.12. The molecule has 108 valence electrons. The molecule has 2 aromatic carbocycles. The van der Waals surface area contributed by atoms with Crippen LogP contribution in [0, 0.1) is 0 Å². The van der Waals surface area contributed by atoms with Gasteiger partial charge in [-0.15, -0.1) is 4.40 Å². The quantitative estimate of drug-likeness (QED) is 0.510. The molecular weight excluding hydrogens is 306 g/mol. The van der Waals surface area contributed by atoms with Gasteiger partial charge in [-0.25, -0.2) is 0 Å². The highest BCUT2D eigenvalue weighted by molar-refractivity contribution is 7.90. The summed E-state index contributed by atoms with van der Waals surface area (Å²) >= 11 is 4.77. The number of hydrogen-bond donors (Lipinski definition) is 2. The van der Waals surface area contributed by atoms with Gasteiger partial charge in [0.2, 0.25) is 0 Å². The van der Waals surface area contributed by atoms with Gasteiger partial charge >= 0.3 is 0 Å². The standard InChI is InChI=1S/C14H13N3O2S2/c15-14(20)16-13(11-7-3-1-4-8-11)17-21(18,19)12-9-5-2-6-10-12/h1-10H,(H3,15,16,17,20). The summed E-state index contributed by atoms with van der Waals surface area (Å²) in [4.78, 5) is 0.100. The van der Waals surface area contributed by atoms with Gasteiger partial charge in [0.25, 0.3) is 10.0 Å². The second kappa shape index (κ2) is 6.47. The first kappa shape index (κ1) is 15.1. The second-order valence-corrected chi connectivity index (χ2v) is 6.13. The molecule has 0 spiro atoms. The second-order valence-electron chi connectivity index (χ2n) is 4.08. The summed E-state index contributed by atoms with van der Waals surface area (Å²) in [7, 11) is -3.84. The van der Waals surface area contributed by atoms with Crippen LogP contribution < -0.4 is 11.1 Å². The predicted octanol–water partition coefficient (Wildman–Crippen LogP) is 1.66. The number of thiocarbonyl (C=S) groups is 1. The van der Waals surface area contributed by atoms with Crippen LogP contribution in [0.2, 0.25) is 0 Å². The SMILES string of the molecule is NC(=S)NC(=NS(=O)(=O)c1ccccc1)c1ccccc1. The maximum atomic E-state index is 12.3. The number of amidine groups is 1. The Bertz CT molecular complexity index is 757. The normalized spacial score (nSPS) is 11.9. The fraction of sp³-hybridized carbons (Fsp3) is 0. The van der Waals surface area contributed by atoms with Crippen LogP contribution in [-0.4, -0.2) is 19.4 Å². The van der Waals surface area contributed by atoms with Gasteiger partial charge in [-0.2, -0.15) is 8.42 Å². The van der Waals surface area contributed by atoms with E-state index in [-0.39, 0.29) is 15.8 Å². The zero-order chi connectivity index (χ0) is 15.3. The van der Waals surface area contributed by atoms with Crippen molar-refractivity contribution in [2.75, 3.05) is 0 Å². The van der Waals surface area contributed by atoms with Gasteiger partial charge in [0, 0.05) is 5.56 Å². The molecule has 0 unspecified atom stereocenters. The molecule has 0 saturated heterocycles. The summed E-state index contributed by atoms with van der Waals surface area (Å²) in [5.74, 6) is 0.0898. The van der Waals surface area contributed by atoms with Crippen LogP contribution in [-0.2, 0) is 10.0 Å². The van der Waals surface area contributed by atoms with E-state index in [2.05, 4.69) is 9.71 Å². The van der Waals surface area contributed by atoms with Crippen LogP contribution in [0.5, 0.6) is 0 Å². The van der Waals surface area contributed by atoms with Crippen LogP contribution in [0.1, 0.15) is 5.56 Å². The molecule has 0 bridgehead atoms. The van der Waals surface area contributed by atoms with E-state index < -0.39 is 10.0 Å². The molecule has 0 amide bonds. The topological polar surface area (TPSA) is 84.5 Å². The van der Waals surface area contributed by atoms with E-state index in [1.807, 2.05) is 6.07 Å². The molecule has 0 aliphatic heterocycles. The zero-order valence-corrected chi connectivity index (χ0v) is 12.6. The highest BCUT2D eigenvalue weighted by atomic mass is 32.2. The molecule has 3 N–H and O–H groups in total. The van der Waals surface area contributed by atoms with E-state index >= 15 is 0 Å². The van der Waals surface area contributed by atoms with Gasteiger partial charge in [0.05, 0.1) is 4.90 Å². The first-order valence-electron chi connectivity index (χ1n) is 6.01. The summed E-state index contributed by atoms with van der Waals surface area (Å²) < 4.78 is 28.4. The van der Waals surface area contributed by atoms with Crippen molar-refractivity contribution in [3.05, 3.63) is 66.2 Å². The number of sulfonamides is 1. The van der Waals surface area contributed by atoms with Crippen molar-refractivity contribution in [1.29, 1.82) is 0 Å². The Morgan fingerprint density at radius 2 is 1.52 bits per heavy atom. The minimum atomic E-state index is -3.84. The molecule has 2 aromatic rings. The van der Waals surface area contributed by atoms with E-state index in [1.54, 1.807) is 42.5 Å². The van der Waals surface area contributed by atoms with Crippen molar-refractivity contribution in [2.45, 2.75) is 4.90 Å². The third kappa shape index (κ3) is 4.11. The Hall–Kier alpha value is -2.25. The summed E-state index contributed by atoms with van der Waals surface area (Å²) in [6.07, 6.45) is 0. The molecule has 0 heterocycles. The lowest BCUT2D eigenvalue weighted by atomic mass is 10.2. The fourth-order valence-corrected chi connectivity index (χ4v) is 2.72. The van der Waals surface area contributed by atoms with Gasteiger partial charge < -0.3 is 11.1 Å². The average molecular weight is 319 g/mol. The maximum Gasteiger partial charge on any atom is 0.284 e. The molecule has 0 fully saturated rings. The van der Waals surface area contributed by atoms with Crippen LogP contribution >= 0.6 is 12.2 Å². The van der Waals surface area contributed by atoms with Crippen molar-refractivity contribution in [3.63, 3.8) is 0 Å². The Morgan fingerprint density at radius 1 is 1.00 bits per heavy atom. The largest absolute Gasteiger partial charge is 0.376 e. The number of hydrogen-bond acceptors (Lipinski definition) is 3. The lowest BCUT2D eigenvalue weighted by molar-refractivity contribution is 0.598. The van der Waals surface area contributed by atoms with E-state index in [1.165, 1.54) is 12.1 Å². The van der Waals surface area contributed by atoms with Crippen LogP contribution in [0.25, 0.3) is 0 Å². The van der Waals surface area contributed by atoms with Gasteiger partial charge in [0.1, 0.15) is 0 Å². The van der Waals surface area contributed by atoms with Gasteiger partial charge in [-0.3, -0.25) is 0 Å². The predicted molar refractivity (Wildman–Crippen MR) is 86.5 cm³/mol. The smallest absolute Gasteiger partial charge is 0.284 e. The van der Waals surface area contributed by atoms with Crippen molar-refractivity contribution >= 4 is 33.2 Å². The van der Waals surface area contributed by atoms with E-state index in [0.29, 0.717) is 5.56 Å². The van der Waals surface area contributed by atoms with E-state index in [4.69, 9.17) is 18.0 Å². The van der Waals surface area contributed by atoms with Crippen LogP contribution in [0.15, 0.2) is 70.0 Å². The van der Waals surface area contributed by atoms with Gasteiger partial charge in [-0.1, -0.05) is 48.5 Å². The lowest BCUT2D eigenvalue weighted by Crippen LogP contribution is -2.36. The Morgan fingerprint density at radius 3 is 2.05 bits per heavy atom. The van der Waals surface area contributed by atoms with Crippen molar-refractivity contribution in [2.24, 2.45) is 10.1 Å². The minimum absolute atomic E-state index is 0.0548. The van der Waals surface area contributed by atoms with E-state index in [0.717, 1.165) is 0 Å². The zero-order valence-electron chi connectivity index (χ0n) is 10.9. The summed E-state index contributed by atoms with van der Waals surface area (Å²) in [6.45, 7) is 0. The monoisotopic (exact) mass is 319 g/mol.